The van der Waals surface area contributed by atoms with Gasteiger partial charge >= 0.3 is 0 Å². The van der Waals surface area contributed by atoms with Gasteiger partial charge in [0.1, 0.15) is 11.8 Å². The minimum atomic E-state index is 0.373. The van der Waals surface area contributed by atoms with Gasteiger partial charge in [0.25, 0.3) is 0 Å². The van der Waals surface area contributed by atoms with Crippen LogP contribution >= 0.6 is 0 Å². The Morgan fingerprint density at radius 2 is 1.75 bits per heavy atom. The van der Waals surface area contributed by atoms with E-state index in [9.17, 15) is 5.26 Å². The van der Waals surface area contributed by atoms with Crippen molar-refractivity contribution in [3.8, 4) is 17.5 Å². The fourth-order valence-corrected chi connectivity index (χ4v) is 3.71. The number of nitrogens with zero attached hydrogens (tertiary/aromatic N) is 5. The number of benzene rings is 2. The molecular formula is C22H23N5O. The van der Waals surface area contributed by atoms with Crippen LogP contribution in [0.15, 0.2) is 54.6 Å². The summed E-state index contributed by atoms with van der Waals surface area (Å²) in [4.78, 5) is 3.72. The quantitative estimate of drug-likeness (QED) is 0.683. The number of anilines is 1. The Labute approximate surface area is 165 Å². The largest absolute Gasteiger partial charge is 0.497 e. The zero-order valence-corrected chi connectivity index (χ0v) is 16.0. The fourth-order valence-electron chi connectivity index (χ4n) is 3.71. The SMILES string of the molecule is COc1ccc(-n2nc(C#N)c(N3CCC(Cc4ccccc4)CC3)n2)cc1. The molecule has 0 saturated carbocycles. The van der Waals surface area contributed by atoms with Crippen molar-refractivity contribution in [1.82, 2.24) is 15.0 Å². The molecule has 6 heteroatoms. The van der Waals surface area contributed by atoms with E-state index < -0.39 is 0 Å². The molecule has 0 aliphatic carbocycles. The number of piperidine rings is 1. The van der Waals surface area contributed by atoms with Crippen LogP contribution in [0.5, 0.6) is 5.75 Å². The third-order valence-corrected chi connectivity index (χ3v) is 5.29. The highest BCUT2D eigenvalue weighted by atomic mass is 16.5. The lowest BCUT2D eigenvalue weighted by molar-refractivity contribution is 0.402. The average Bonchev–Trinajstić information content (AvgIpc) is 3.19. The lowest BCUT2D eigenvalue weighted by Gasteiger charge is -2.32. The number of hydrogen-bond acceptors (Lipinski definition) is 5. The Hall–Kier alpha value is -3.33. The molecule has 0 spiro atoms. The van der Waals surface area contributed by atoms with E-state index in [1.54, 1.807) is 7.11 Å². The van der Waals surface area contributed by atoms with Crippen molar-refractivity contribution in [1.29, 1.82) is 5.26 Å². The van der Waals surface area contributed by atoms with Crippen molar-refractivity contribution in [3.05, 3.63) is 65.9 Å². The smallest absolute Gasteiger partial charge is 0.207 e. The van der Waals surface area contributed by atoms with E-state index in [1.165, 1.54) is 10.4 Å². The predicted octanol–water partition coefficient (Wildman–Crippen LogP) is 3.61. The van der Waals surface area contributed by atoms with Crippen LogP contribution in [0.3, 0.4) is 0 Å². The van der Waals surface area contributed by atoms with E-state index in [0.717, 1.165) is 43.8 Å². The van der Waals surface area contributed by atoms with Crippen LogP contribution in [0, 0.1) is 17.2 Å². The van der Waals surface area contributed by atoms with Crippen LogP contribution in [-0.4, -0.2) is 35.2 Å². The Morgan fingerprint density at radius 1 is 1.04 bits per heavy atom. The van der Waals surface area contributed by atoms with E-state index >= 15 is 0 Å². The Kier molecular flexibility index (Phi) is 5.24. The summed E-state index contributed by atoms with van der Waals surface area (Å²) in [5, 5.41) is 18.5. The zero-order valence-electron chi connectivity index (χ0n) is 16.0. The van der Waals surface area contributed by atoms with Gasteiger partial charge in [-0.25, -0.2) is 0 Å². The van der Waals surface area contributed by atoms with E-state index in [-0.39, 0.29) is 0 Å². The fraction of sp³-hybridized carbons (Fsp3) is 0.318. The maximum atomic E-state index is 9.53. The van der Waals surface area contributed by atoms with Gasteiger partial charge in [-0.2, -0.15) is 5.26 Å². The van der Waals surface area contributed by atoms with Gasteiger partial charge in [-0.15, -0.1) is 15.0 Å². The molecule has 1 saturated heterocycles. The second-order valence-electron chi connectivity index (χ2n) is 7.09. The first kappa shape index (κ1) is 18.1. The molecule has 3 aromatic rings. The van der Waals surface area contributed by atoms with Gasteiger partial charge < -0.3 is 9.64 Å². The molecule has 1 fully saturated rings. The summed E-state index contributed by atoms with van der Waals surface area (Å²) < 4.78 is 5.19. The molecule has 4 rings (SSSR count). The number of aromatic nitrogens is 3. The van der Waals surface area contributed by atoms with Crippen molar-refractivity contribution in [2.24, 2.45) is 5.92 Å². The molecule has 0 radical (unpaired) electrons. The van der Waals surface area contributed by atoms with Gasteiger partial charge in [0.15, 0.2) is 5.82 Å². The van der Waals surface area contributed by atoms with Crippen molar-refractivity contribution < 1.29 is 4.74 Å². The molecule has 0 bridgehead atoms. The molecule has 0 atom stereocenters. The molecule has 2 aromatic carbocycles. The first-order valence-corrected chi connectivity index (χ1v) is 9.57. The average molecular weight is 373 g/mol. The third-order valence-electron chi connectivity index (χ3n) is 5.29. The molecule has 2 heterocycles. The van der Waals surface area contributed by atoms with E-state index in [4.69, 9.17) is 4.74 Å². The lowest BCUT2D eigenvalue weighted by atomic mass is 9.90. The molecule has 142 valence electrons. The number of methoxy groups -OCH3 is 1. The van der Waals surface area contributed by atoms with Gasteiger partial charge in [0.2, 0.25) is 5.69 Å². The van der Waals surface area contributed by atoms with E-state index in [0.29, 0.717) is 17.4 Å². The van der Waals surface area contributed by atoms with Gasteiger partial charge in [0.05, 0.1) is 12.8 Å². The maximum absolute atomic E-state index is 9.53. The molecule has 0 unspecified atom stereocenters. The minimum Gasteiger partial charge on any atom is -0.497 e. The maximum Gasteiger partial charge on any atom is 0.207 e. The summed E-state index contributed by atoms with van der Waals surface area (Å²) >= 11 is 0. The standard InChI is InChI=1S/C22H23N5O/c1-28-20-9-7-19(8-10-20)27-24-21(16-23)22(25-27)26-13-11-18(12-14-26)15-17-5-3-2-4-6-17/h2-10,18H,11-15H2,1H3. The molecular weight excluding hydrogens is 350 g/mol. The van der Waals surface area contributed by atoms with Crippen molar-refractivity contribution in [3.63, 3.8) is 0 Å². The highest BCUT2D eigenvalue weighted by Crippen LogP contribution is 2.27. The normalized spacial score (nSPS) is 14.6. The zero-order chi connectivity index (χ0) is 19.3. The Balaban J connectivity index is 1.46. The monoisotopic (exact) mass is 373 g/mol. The number of hydrogen-bond donors (Lipinski definition) is 0. The number of nitriles is 1. The van der Waals surface area contributed by atoms with Crippen molar-refractivity contribution in [2.75, 3.05) is 25.1 Å². The van der Waals surface area contributed by atoms with Crippen LogP contribution < -0.4 is 9.64 Å². The first-order chi connectivity index (χ1) is 13.8. The summed E-state index contributed by atoms with van der Waals surface area (Å²) in [6, 6.07) is 20.3. The summed E-state index contributed by atoms with van der Waals surface area (Å²) in [5.74, 6) is 2.12. The first-order valence-electron chi connectivity index (χ1n) is 9.57. The molecule has 1 aliphatic heterocycles. The predicted molar refractivity (Wildman–Crippen MR) is 108 cm³/mol. The Bertz CT molecular complexity index is 951. The molecule has 28 heavy (non-hydrogen) atoms. The second kappa shape index (κ2) is 8.13. The number of ether oxygens (including phenoxy) is 1. The van der Waals surface area contributed by atoms with Gasteiger partial charge in [-0.05, 0) is 55.0 Å². The van der Waals surface area contributed by atoms with Crippen LogP contribution in [-0.2, 0) is 6.42 Å². The molecule has 1 aliphatic rings. The van der Waals surface area contributed by atoms with Crippen molar-refractivity contribution in [2.45, 2.75) is 19.3 Å². The highest BCUT2D eigenvalue weighted by molar-refractivity contribution is 5.50. The highest BCUT2D eigenvalue weighted by Gasteiger charge is 2.24. The van der Waals surface area contributed by atoms with Gasteiger partial charge in [0, 0.05) is 13.1 Å². The second-order valence-corrected chi connectivity index (χ2v) is 7.09. The molecule has 0 amide bonds. The number of rotatable bonds is 5. The van der Waals surface area contributed by atoms with Crippen molar-refractivity contribution >= 4 is 5.82 Å². The molecule has 1 aromatic heterocycles. The van der Waals surface area contributed by atoms with Crippen LogP contribution in [0.25, 0.3) is 5.69 Å². The summed E-state index contributed by atoms with van der Waals surface area (Å²) in [5.41, 5.74) is 2.57. The Morgan fingerprint density at radius 3 is 2.39 bits per heavy atom. The van der Waals surface area contributed by atoms with Crippen LogP contribution in [0.2, 0.25) is 0 Å². The van der Waals surface area contributed by atoms with Gasteiger partial charge in [-0.3, -0.25) is 0 Å². The van der Waals surface area contributed by atoms with Gasteiger partial charge in [-0.1, -0.05) is 30.3 Å². The molecule has 0 N–H and O–H groups in total. The molecule has 6 nitrogen and oxygen atoms in total. The van der Waals surface area contributed by atoms with E-state index in [1.807, 2.05) is 24.3 Å². The lowest BCUT2D eigenvalue weighted by Crippen LogP contribution is -2.35. The third kappa shape index (κ3) is 3.84. The van der Waals surface area contributed by atoms with Crippen LogP contribution in [0.1, 0.15) is 24.1 Å². The summed E-state index contributed by atoms with van der Waals surface area (Å²) in [6.45, 7) is 1.79. The topological polar surface area (TPSA) is 67.0 Å². The summed E-state index contributed by atoms with van der Waals surface area (Å²) in [7, 11) is 1.63. The van der Waals surface area contributed by atoms with Crippen LogP contribution in [0.4, 0.5) is 5.82 Å². The minimum absolute atomic E-state index is 0.373. The van der Waals surface area contributed by atoms with E-state index in [2.05, 4.69) is 51.5 Å². The summed E-state index contributed by atoms with van der Waals surface area (Å²) in [6.07, 6.45) is 3.29.